The number of carboxylic acid groups (broad SMARTS) is 1. The largest absolute Gasteiger partial charge is 0.478 e. The van der Waals surface area contributed by atoms with Crippen LogP contribution >= 0.6 is 0 Å². The Balaban J connectivity index is 2.83. The van der Waals surface area contributed by atoms with Gasteiger partial charge in [0.25, 0.3) is 0 Å². The lowest BCUT2D eigenvalue weighted by atomic mass is 10.1. The van der Waals surface area contributed by atoms with Gasteiger partial charge in [-0.1, -0.05) is 6.92 Å². The first-order valence-electron chi connectivity index (χ1n) is 5.22. The number of nitrogens with one attached hydrogen (secondary N) is 2. The Morgan fingerprint density at radius 1 is 1.41 bits per heavy atom. The fourth-order valence-electron chi connectivity index (χ4n) is 1.25. The lowest BCUT2D eigenvalue weighted by molar-refractivity contribution is 0.0698. The Kier molecular flexibility index (Phi) is 4.33. The molecule has 92 valence electrons. The predicted octanol–water partition coefficient (Wildman–Crippen LogP) is 1.50. The van der Waals surface area contributed by atoms with Gasteiger partial charge < -0.3 is 21.5 Å². The standard InChI is InChI=1S/C11H15N3O3/c1-2-5-13-11(17)14-9-4-3-7(12)6-8(9)10(15)16/h3-4,6H,2,5,12H2,1H3,(H,15,16)(H2,13,14,17). The second kappa shape index (κ2) is 5.74. The van der Waals surface area contributed by atoms with Crippen molar-refractivity contribution >= 4 is 23.4 Å². The van der Waals surface area contributed by atoms with Crippen molar-refractivity contribution in [2.75, 3.05) is 17.6 Å². The number of hydrogen-bond donors (Lipinski definition) is 4. The molecule has 0 saturated heterocycles. The molecule has 6 nitrogen and oxygen atoms in total. The van der Waals surface area contributed by atoms with Crippen molar-refractivity contribution in [3.05, 3.63) is 23.8 Å². The average molecular weight is 237 g/mol. The average Bonchev–Trinajstić information content (AvgIpc) is 2.28. The summed E-state index contributed by atoms with van der Waals surface area (Å²) in [5.41, 5.74) is 6.01. The van der Waals surface area contributed by atoms with E-state index in [2.05, 4.69) is 10.6 Å². The normalized spacial score (nSPS) is 9.71. The van der Waals surface area contributed by atoms with Gasteiger partial charge in [0, 0.05) is 12.2 Å². The number of carboxylic acids is 1. The van der Waals surface area contributed by atoms with E-state index in [1.54, 1.807) is 0 Å². The highest BCUT2D eigenvalue weighted by Crippen LogP contribution is 2.18. The summed E-state index contributed by atoms with van der Waals surface area (Å²) >= 11 is 0. The monoisotopic (exact) mass is 237 g/mol. The molecule has 5 N–H and O–H groups in total. The van der Waals surface area contributed by atoms with Crippen LogP contribution in [0.3, 0.4) is 0 Å². The van der Waals surface area contributed by atoms with E-state index in [0.29, 0.717) is 12.2 Å². The Labute approximate surface area is 98.8 Å². The molecule has 0 atom stereocenters. The third kappa shape index (κ3) is 3.67. The highest BCUT2D eigenvalue weighted by atomic mass is 16.4. The van der Waals surface area contributed by atoms with Crippen molar-refractivity contribution in [3.8, 4) is 0 Å². The van der Waals surface area contributed by atoms with E-state index in [1.165, 1.54) is 18.2 Å². The SMILES string of the molecule is CCCNC(=O)Nc1ccc(N)cc1C(=O)O. The molecule has 1 aromatic rings. The molecule has 0 fully saturated rings. The lowest BCUT2D eigenvalue weighted by Crippen LogP contribution is -2.29. The summed E-state index contributed by atoms with van der Waals surface area (Å²) in [5.74, 6) is -1.14. The van der Waals surface area contributed by atoms with Crippen molar-refractivity contribution in [2.24, 2.45) is 0 Å². The van der Waals surface area contributed by atoms with Crippen LogP contribution in [0.4, 0.5) is 16.2 Å². The van der Waals surface area contributed by atoms with Crippen LogP contribution in [-0.4, -0.2) is 23.7 Å². The van der Waals surface area contributed by atoms with Crippen molar-refractivity contribution in [1.82, 2.24) is 5.32 Å². The number of nitrogens with two attached hydrogens (primary N) is 1. The van der Waals surface area contributed by atoms with Gasteiger partial charge >= 0.3 is 12.0 Å². The van der Waals surface area contributed by atoms with E-state index >= 15 is 0 Å². The molecule has 0 radical (unpaired) electrons. The zero-order valence-corrected chi connectivity index (χ0v) is 9.49. The maximum absolute atomic E-state index is 11.4. The molecule has 0 aliphatic rings. The summed E-state index contributed by atoms with van der Waals surface area (Å²) in [6, 6.07) is 3.86. The number of hydrogen-bond acceptors (Lipinski definition) is 3. The van der Waals surface area contributed by atoms with Crippen molar-refractivity contribution in [3.63, 3.8) is 0 Å². The minimum Gasteiger partial charge on any atom is -0.478 e. The first-order valence-corrected chi connectivity index (χ1v) is 5.22. The van der Waals surface area contributed by atoms with E-state index in [0.717, 1.165) is 6.42 Å². The Bertz CT molecular complexity index is 432. The second-order valence-electron chi connectivity index (χ2n) is 3.49. The minimum atomic E-state index is -1.14. The predicted molar refractivity (Wildman–Crippen MR) is 65.1 cm³/mol. The maximum Gasteiger partial charge on any atom is 0.337 e. The number of nitrogen functional groups attached to an aromatic ring is 1. The number of carbonyl (C=O) groups excluding carboxylic acids is 1. The molecular formula is C11H15N3O3. The molecule has 0 aromatic heterocycles. The molecule has 6 heteroatoms. The molecule has 0 aliphatic heterocycles. The molecule has 1 rings (SSSR count). The van der Waals surface area contributed by atoms with Crippen molar-refractivity contribution in [1.29, 1.82) is 0 Å². The molecule has 0 unspecified atom stereocenters. The van der Waals surface area contributed by atoms with Gasteiger partial charge in [0.1, 0.15) is 0 Å². The van der Waals surface area contributed by atoms with E-state index < -0.39 is 12.0 Å². The van der Waals surface area contributed by atoms with Gasteiger partial charge in [-0.15, -0.1) is 0 Å². The Morgan fingerprint density at radius 3 is 2.71 bits per heavy atom. The summed E-state index contributed by atoms with van der Waals surface area (Å²) in [6.45, 7) is 2.45. The molecule has 17 heavy (non-hydrogen) atoms. The molecular weight excluding hydrogens is 222 g/mol. The quantitative estimate of drug-likeness (QED) is 0.595. The van der Waals surface area contributed by atoms with Gasteiger partial charge in [-0.05, 0) is 24.6 Å². The molecule has 2 amide bonds. The van der Waals surface area contributed by atoms with Crippen molar-refractivity contribution in [2.45, 2.75) is 13.3 Å². The topological polar surface area (TPSA) is 104 Å². The van der Waals surface area contributed by atoms with Gasteiger partial charge in [0.2, 0.25) is 0 Å². The van der Waals surface area contributed by atoms with Crippen LogP contribution in [0.5, 0.6) is 0 Å². The minimum absolute atomic E-state index is 0.0309. The van der Waals surface area contributed by atoms with Gasteiger partial charge in [0.15, 0.2) is 0 Å². The number of anilines is 2. The van der Waals surface area contributed by atoms with Crippen LogP contribution < -0.4 is 16.4 Å². The van der Waals surface area contributed by atoms with Crippen LogP contribution in [-0.2, 0) is 0 Å². The van der Waals surface area contributed by atoms with Gasteiger partial charge in [-0.2, -0.15) is 0 Å². The van der Waals surface area contributed by atoms with Crippen LogP contribution in [0.2, 0.25) is 0 Å². The van der Waals surface area contributed by atoms with E-state index in [4.69, 9.17) is 10.8 Å². The lowest BCUT2D eigenvalue weighted by Gasteiger charge is -2.09. The first-order chi connectivity index (χ1) is 8.04. The zero-order chi connectivity index (χ0) is 12.8. The van der Waals surface area contributed by atoms with Crippen LogP contribution in [0, 0.1) is 0 Å². The van der Waals surface area contributed by atoms with Crippen LogP contribution in [0.25, 0.3) is 0 Å². The third-order valence-electron chi connectivity index (χ3n) is 2.06. The molecule has 0 spiro atoms. The van der Waals surface area contributed by atoms with Gasteiger partial charge in [-0.3, -0.25) is 0 Å². The van der Waals surface area contributed by atoms with Crippen LogP contribution in [0.1, 0.15) is 23.7 Å². The fraction of sp³-hybridized carbons (Fsp3) is 0.273. The number of aromatic carboxylic acids is 1. The highest BCUT2D eigenvalue weighted by molar-refractivity contribution is 6.00. The Hall–Kier alpha value is -2.24. The summed E-state index contributed by atoms with van der Waals surface area (Å²) in [6.07, 6.45) is 0.806. The molecule has 0 heterocycles. The Morgan fingerprint density at radius 2 is 2.12 bits per heavy atom. The molecule has 1 aromatic carbocycles. The molecule has 0 aliphatic carbocycles. The van der Waals surface area contributed by atoms with Gasteiger partial charge in [-0.25, -0.2) is 9.59 Å². The number of carbonyl (C=O) groups is 2. The second-order valence-corrected chi connectivity index (χ2v) is 3.49. The summed E-state index contributed by atoms with van der Waals surface area (Å²) in [4.78, 5) is 22.3. The van der Waals surface area contributed by atoms with Crippen molar-refractivity contribution < 1.29 is 14.7 Å². The highest BCUT2D eigenvalue weighted by Gasteiger charge is 2.12. The number of benzene rings is 1. The first kappa shape index (κ1) is 12.8. The van der Waals surface area contributed by atoms with E-state index in [1.807, 2.05) is 6.92 Å². The number of urea groups is 1. The third-order valence-corrected chi connectivity index (χ3v) is 2.06. The fourth-order valence-corrected chi connectivity index (χ4v) is 1.25. The maximum atomic E-state index is 11.4. The number of rotatable bonds is 4. The number of amides is 2. The smallest absolute Gasteiger partial charge is 0.337 e. The van der Waals surface area contributed by atoms with Gasteiger partial charge in [0.05, 0.1) is 11.3 Å². The molecule has 0 saturated carbocycles. The summed E-state index contributed by atoms with van der Waals surface area (Å²) in [5, 5.41) is 14.0. The molecule has 0 bridgehead atoms. The summed E-state index contributed by atoms with van der Waals surface area (Å²) < 4.78 is 0. The summed E-state index contributed by atoms with van der Waals surface area (Å²) in [7, 11) is 0. The zero-order valence-electron chi connectivity index (χ0n) is 9.49. The van der Waals surface area contributed by atoms with E-state index in [9.17, 15) is 9.59 Å². The van der Waals surface area contributed by atoms with E-state index in [-0.39, 0.29) is 11.3 Å². The van der Waals surface area contributed by atoms with Crippen LogP contribution in [0.15, 0.2) is 18.2 Å².